The minimum Gasteiger partial charge on any atom is -0.374 e. The van der Waals surface area contributed by atoms with Crippen molar-refractivity contribution >= 4 is 17.6 Å². The summed E-state index contributed by atoms with van der Waals surface area (Å²) in [7, 11) is 0. The summed E-state index contributed by atoms with van der Waals surface area (Å²) in [5.74, 6) is 4.62. The molecule has 1 aromatic rings. The lowest BCUT2D eigenvalue weighted by molar-refractivity contribution is 0.0998. The predicted molar refractivity (Wildman–Crippen MR) is 81.1 cm³/mol. The molecule has 3 atom stereocenters. The third-order valence-electron chi connectivity index (χ3n) is 4.58. The number of hydrogen-bond donors (Lipinski definition) is 1. The highest BCUT2D eigenvalue weighted by molar-refractivity contribution is 7.98. The summed E-state index contributed by atoms with van der Waals surface area (Å²) >= 11 is 1.94. The molecule has 0 spiro atoms. The van der Waals surface area contributed by atoms with Gasteiger partial charge in [-0.3, -0.25) is 0 Å². The van der Waals surface area contributed by atoms with Gasteiger partial charge in [0, 0.05) is 29.5 Å². The third kappa shape index (κ3) is 2.11. The molecule has 20 heavy (non-hydrogen) atoms. The summed E-state index contributed by atoms with van der Waals surface area (Å²) in [5, 5.41) is 3.50. The van der Waals surface area contributed by atoms with E-state index in [1.165, 1.54) is 24.1 Å². The lowest BCUT2D eigenvalue weighted by Gasteiger charge is -2.19. The van der Waals surface area contributed by atoms with Crippen LogP contribution >= 0.6 is 11.8 Å². The number of ether oxygens (including phenoxy) is 1. The van der Waals surface area contributed by atoms with E-state index >= 15 is 0 Å². The monoisotopic (exact) mass is 291 g/mol. The molecular weight excluding hydrogens is 270 g/mol. The first-order valence-corrected chi connectivity index (χ1v) is 8.87. The molecule has 0 saturated carbocycles. The molecule has 3 aliphatic rings. The van der Waals surface area contributed by atoms with E-state index in [4.69, 9.17) is 14.7 Å². The van der Waals surface area contributed by atoms with Crippen molar-refractivity contribution in [2.75, 3.05) is 11.9 Å². The molecule has 108 valence electrons. The van der Waals surface area contributed by atoms with Gasteiger partial charge in [-0.1, -0.05) is 6.92 Å². The number of rotatable bonds is 4. The molecule has 3 unspecified atom stereocenters. The molecule has 2 saturated heterocycles. The van der Waals surface area contributed by atoms with E-state index in [0.717, 1.165) is 42.5 Å². The largest absolute Gasteiger partial charge is 0.374 e. The summed E-state index contributed by atoms with van der Waals surface area (Å²) in [5.41, 5.74) is 2.58. The van der Waals surface area contributed by atoms with Gasteiger partial charge in [0.25, 0.3) is 0 Å². The van der Waals surface area contributed by atoms with Crippen molar-refractivity contribution < 1.29 is 4.74 Å². The molecular formula is C15H21N3OS. The Morgan fingerprint density at radius 1 is 1.30 bits per heavy atom. The number of aromatic nitrogens is 2. The summed E-state index contributed by atoms with van der Waals surface area (Å²) in [6.45, 7) is 3.18. The molecule has 5 heteroatoms. The Morgan fingerprint density at radius 3 is 3.00 bits per heavy atom. The molecule has 2 bridgehead atoms. The van der Waals surface area contributed by atoms with Gasteiger partial charge in [0.2, 0.25) is 0 Å². The average Bonchev–Trinajstić information content (AvgIpc) is 3.19. The van der Waals surface area contributed by atoms with Crippen LogP contribution in [0.4, 0.5) is 5.82 Å². The fourth-order valence-corrected chi connectivity index (χ4v) is 4.58. The first-order chi connectivity index (χ1) is 9.85. The number of anilines is 1. The van der Waals surface area contributed by atoms with Gasteiger partial charge >= 0.3 is 0 Å². The molecule has 4 rings (SSSR count). The average molecular weight is 291 g/mol. The molecule has 0 aromatic carbocycles. The zero-order valence-electron chi connectivity index (χ0n) is 11.9. The summed E-state index contributed by atoms with van der Waals surface area (Å²) in [6.07, 6.45) is 5.47. The van der Waals surface area contributed by atoms with Crippen LogP contribution in [-0.4, -0.2) is 28.7 Å². The van der Waals surface area contributed by atoms with Crippen LogP contribution in [0.3, 0.4) is 0 Å². The van der Waals surface area contributed by atoms with Gasteiger partial charge in [-0.25, -0.2) is 9.97 Å². The topological polar surface area (TPSA) is 47.0 Å². The van der Waals surface area contributed by atoms with E-state index in [2.05, 4.69) is 12.2 Å². The van der Waals surface area contributed by atoms with Crippen molar-refractivity contribution in [3.05, 3.63) is 17.1 Å². The van der Waals surface area contributed by atoms with Crippen molar-refractivity contribution in [3.8, 4) is 0 Å². The second-order valence-corrected chi connectivity index (χ2v) is 6.98. The van der Waals surface area contributed by atoms with Gasteiger partial charge < -0.3 is 10.1 Å². The smallest absolute Gasteiger partial charge is 0.136 e. The molecule has 0 aliphatic carbocycles. The van der Waals surface area contributed by atoms with E-state index in [1.54, 1.807) is 0 Å². The number of nitrogens with zero attached hydrogens (tertiary/aromatic N) is 2. The molecule has 4 heterocycles. The van der Waals surface area contributed by atoms with Crippen molar-refractivity contribution in [2.45, 2.75) is 62.2 Å². The maximum absolute atomic E-state index is 5.97. The molecule has 4 nitrogen and oxygen atoms in total. The molecule has 0 amide bonds. The maximum Gasteiger partial charge on any atom is 0.136 e. The van der Waals surface area contributed by atoms with E-state index < -0.39 is 0 Å². The minimum atomic E-state index is 0.367. The van der Waals surface area contributed by atoms with Gasteiger partial charge in [-0.15, -0.1) is 0 Å². The van der Waals surface area contributed by atoms with Crippen LogP contribution in [-0.2, 0) is 16.2 Å². The molecule has 2 fully saturated rings. The van der Waals surface area contributed by atoms with Crippen LogP contribution in [0.2, 0.25) is 0 Å². The van der Waals surface area contributed by atoms with Gasteiger partial charge in [-0.2, -0.15) is 11.8 Å². The highest BCUT2D eigenvalue weighted by atomic mass is 32.2. The van der Waals surface area contributed by atoms with E-state index in [1.807, 2.05) is 11.8 Å². The Balaban J connectivity index is 1.66. The molecule has 1 aromatic heterocycles. The van der Waals surface area contributed by atoms with E-state index in [0.29, 0.717) is 18.1 Å². The first kappa shape index (κ1) is 12.9. The first-order valence-electron chi connectivity index (χ1n) is 7.72. The van der Waals surface area contributed by atoms with Crippen molar-refractivity contribution in [1.82, 2.24) is 9.97 Å². The predicted octanol–water partition coefficient (Wildman–Crippen LogP) is 3.08. The summed E-state index contributed by atoms with van der Waals surface area (Å²) in [6, 6.07) is 0. The van der Waals surface area contributed by atoms with Crippen LogP contribution in [0.15, 0.2) is 0 Å². The quantitative estimate of drug-likeness (QED) is 0.923. The maximum atomic E-state index is 5.97. The highest BCUT2D eigenvalue weighted by Gasteiger charge is 2.43. The SMILES string of the molecule is CCCNc1nc(C2CC3CCC2O3)nc2c1CSC2. The standard InChI is InChI=1S/C15H21N3OS/c1-2-5-16-14-11-7-20-8-12(11)17-15(18-14)10-6-9-3-4-13(10)19-9/h9-10,13H,2-8H2,1H3,(H,16,17,18). The summed E-state index contributed by atoms with van der Waals surface area (Å²) in [4.78, 5) is 9.74. The van der Waals surface area contributed by atoms with Crippen molar-refractivity contribution in [3.63, 3.8) is 0 Å². The lowest BCUT2D eigenvalue weighted by atomic mass is 9.88. The van der Waals surface area contributed by atoms with Crippen LogP contribution in [0.1, 0.15) is 55.6 Å². The van der Waals surface area contributed by atoms with Crippen LogP contribution < -0.4 is 5.32 Å². The van der Waals surface area contributed by atoms with Crippen LogP contribution in [0.5, 0.6) is 0 Å². The van der Waals surface area contributed by atoms with Crippen LogP contribution in [0, 0.1) is 0 Å². The fourth-order valence-electron chi connectivity index (χ4n) is 3.54. The number of fused-ring (bicyclic) bond motifs is 3. The normalized spacial score (nSPS) is 30.8. The molecule has 3 aliphatic heterocycles. The molecule has 0 radical (unpaired) electrons. The van der Waals surface area contributed by atoms with E-state index in [9.17, 15) is 0 Å². The minimum absolute atomic E-state index is 0.367. The number of hydrogen-bond acceptors (Lipinski definition) is 5. The van der Waals surface area contributed by atoms with Gasteiger partial charge in [0.05, 0.1) is 17.9 Å². The Hall–Kier alpha value is -0.810. The summed E-state index contributed by atoms with van der Waals surface area (Å²) < 4.78 is 5.97. The Kier molecular flexibility index (Phi) is 3.34. The highest BCUT2D eigenvalue weighted by Crippen LogP contribution is 2.44. The van der Waals surface area contributed by atoms with E-state index in [-0.39, 0.29) is 0 Å². The number of thioether (sulfide) groups is 1. The number of nitrogens with one attached hydrogen (secondary N) is 1. The Labute approximate surface area is 124 Å². The van der Waals surface area contributed by atoms with Crippen molar-refractivity contribution in [2.24, 2.45) is 0 Å². The third-order valence-corrected chi connectivity index (χ3v) is 5.55. The van der Waals surface area contributed by atoms with Gasteiger partial charge in [0.1, 0.15) is 11.6 Å². The van der Waals surface area contributed by atoms with Crippen LogP contribution in [0.25, 0.3) is 0 Å². The zero-order valence-corrected chi connectivity index (χ0v) is 12.7. The lowest BCUT2D eigenvalue weighted by Crippen LogP contribution is -2.19. The second-order valence-electron chi connectivity index (χ2n) is 5.99. The Bertz CT molecular complexity index is 522. The zero-order chi connectivity index (χ0) is 13.5. The molecule has 1 N–H and O–H groups in total. The van der Waals surface area contributed by atoms with Gasteiger partial charge in [0.15, 0.2) is 0 Å². The van der Waals surface area contributed by atoms with Crippen molar-refractivity contribution in [1.29, 1.82) is 0 Å². The van der Waals surface area contributed by atoms with Gasteiger partial charge in [-0.05, 0) is 25.7 Å². The second kappa shape index (κ2) is 5.19. The fraction of sp³-hybridized carbons (Fsp3) is 0.733. The Morgan fingerprint density at radius 2 is 2.25 bits per heavy atom.